The number of likely N-dealkylation sites (N-methyl/N-ethyl adjacent to an activating group) is 1. The number of benzene rings is 2. The number of phenolic OH excluding ortho intramolecular Hbond substituents is 2. The van der Waals surface area contributed by atoms with Crippen LogP contribution in [0.5, 0.6) is 11.5 Å². The van der Waals surface area contributed by atoms with E-state index in [1.807, 2.05) is 26.0 Å². The molecule has 1 fully saturated rings. The average molecular weight is 455 g/mol. The molecule has 1 amide bonds. The van der Waals surface area contributed by atoms with Crippen LogP contribution in [0.1, 0.15) is 75.4 Å². The van der Waals surface area contributed by atoms with Gasteiger partial charge in [-0.1, -0.05) is 0 Å². The number of methoxy groups -OCH3 is 1. The van der Waals surface area contributed by atoms with Crippen LogP contribution in [0.15, 0.2) is 24.3 Å². The highest BCUT2D eigenvalue weighted by Crippen LogP contribution is 2.59. The Morgan fingerprint density at radius 3 is 2.52 bits per heavy atom. The quantitative estimate of drug-likeness (QED) is 0.432. The van der Waals surface area contributed by atoms with E-state index in [0.717, 1.165) is 49.2 Å². The van der Waals surface area contributed by atoms with Crippen molar-refractivity contribution in [2.24, 2.45) is 0 Å². The van der Waals surface area contributed by atoms with E-state index < -0.39 is 11.9 Å². The molecule has 2 aromatic rings. The second-order valence-corrected chi connectivity index (χ2v) is 8.72. The summed E-state index contributed by atoms with van der Waals surface area (Å²) < 4.78 is 5.15. The van der Waals surface area contributed by atoms with Crippen LogP contribution >= 0.6 is 0 Å². The monoisotopic (exact) mass is 454 g/mol. The Kier molecular flexibility index (Phi) is 6.47. The summed E-state index contributed by atoms with van der Waals surface area (Å²) in [5.41, 5.74) is 5.47. The van der Waals surface area contributed by atoms with Crippen molar-refractivity contribution in [1.82, 2.24) is 5.48 Å². The highest BCUT2D eigenvalue weighted by molar-refractivity contribution is 5.98. The Labute approximate surface area is 193 Å². The number of anilines is 1. The maximum Gasteiger partial charge on any atom is 0.366 e. The Bertz CT molecular complexity index is 1080. The van der Waals surface area contributed by atoms with E-state index in [1.165, 1.54) is 6.07 Å². The Morgan fingerprint density at radius 2 is 1.85 bits per heavy atom. The van der Waals surface area contributed by atoms with Crippen LogP contribution in [0.25, 0.3) is 0 Å². The van der Waals surface area contributed by atoms with Gasteiger partial charge in [0.25, 0.3) is 5.91 Å². The molecule has 2 bridgehead atoms. The third-order valence-corrected chi connectivity index (χ3v) is 6.83. The Hall–Kier alpha value is -3.26. The summed E-state index contributed by atoms with van der Waals surface area (Å²) in [5, 5.41) is 21.1. The fourth-order valence-electron chi connectivity index (χ4n) is 5.17. The van der Waals surface area contributed by atoms with Crippen LogP contribution in [0, 0.1) is 6.92 Å². The summed E-state index contributed by atoms with van der Waals surface area (Å²) in [6.45, 7) is 5.97. The van der Waals surface area contributed by atoms with Crippen molar-refractivity contribution in [3.8, 4) is 11.5 Å². The summed E-state index contributed by atoms with van der Waals surface area (Å²) in [4.78, 5) is 32.4. The molecule has 8 heteroatoms. The molecule has 0 unspecified atom stereocenters. The van der Waals surface area contributed by atoms with E-state index in [2.05, 4.69) is 10.4 Å². The normalized spacial score (nSPS) is 18.2. The van der Waals surface area contributed by atoms with Gasteiger partial charge < -0.3 is 24.7 Å². The number of nitrogens with zero attached hydrogens (tertiary/aromatic N) is 1. The van der Waals surface area contributed by atoms with Crippen molar-refractivity contribution >= 4 is 17.6 Å². The maximum absolute atomic E-state index is 12.6. The first kappa shape index (κ1) is 22.9. The third-order valence-electron chi connectivity index (χ3n) is 6.83. The van der Waals surface area contributed by atoms with E-state index in [1.54, 1.807) is 13.2 Å². The molecule has 0 spiro atoms. The summed E-state index contributed by atoms with van der Waals surface area (Å²) in [6.07, 6.45) is 2.78. The standard InChI is InChI=1S/C25H30N2O6/c1-4-27(9-10-32-3)17-7-8-18(14(2)11-17)24(30)26-33-25(31)19-13-20(28)21-15-5-6-16(12-15)22(21)23(19)29/h7-8,11,13,15-16,28-29H,4-6,9-10,12H2,1-3H3,(H,26,30)/t15-,16-/m1/s1. The number of fused-ring (bicyclic) bond motifs is 5. The molecule has 0 aliphatic heterocycles. The fraction of sp³-hybridized carbons (Fsp3) is 0.440. The second kappa shape index (κ2) is 9.31. The smallest absolute Gasteiger partial charge is 0.366 e. The molecular weight excluding hydrogens is 424 g/mol. The number of carbonyl (C=O) groups excluding carboxylic acids is 2. The molecule has 0 saturated heterocycles. The molecule has 0 heterocycles. The van der Waals surface area contributed by atoms with Gasteiger partial charge in [-0.25, -0.2) is 4.79 Å². The SMILES string of the molecule is CCN(CCOC)c1ccc(C(=O)NOC(=O)c2cc(O)c3c(c2O)[C@@H]2CC[C@@H]3C2)c(C)c1. The van der Waals surface area contributed by atoms with Crippen molar-refractivity contribution in [2.75, 3.05) is 31.7 Å². The van der Waals surface area contributed by atoms with Gasteiger partial charge in [0.15, 0.2) is 0 Å². The van der Waals surface area contributed by atoms with Crippen LogP contribution in [0.3, 0.4) is 0 Å². The predicted molar refractivity (Wildman–Crippen MR) is 123 cm³/mol. The molecule has 8 nitrogen and oxygen atoms in total. The summed E-state index contributed by atoms with van der Waals surface area (Å²) in [5.74, 6) is -1.29. The predicted octanol–water partition coefficient (Wildman–Crippen LogP) is 3.75. The second-order valence-electron chi connectivity index (χ2n) is 8.72. The van der Waals surface area contributed by atoms with Gasteiger partial charge in [-0.2, -0.15) is 5.48 Å². The minimum absolute atomic E-state index is 0.00587. The zero-order chi connectivity index (χ0) is 23.7. The van der Waals surface area contributed by atoms with E-state index >= 15 is 0 Å². The van der Waals surface area contributed by atoms with Gasteiger partial charge in [-0.3, -0.25) is 4.79 Å². The van der Waals surface area contributed by atoms with Crippen LogP contribution < -0.4 is 10.4 Å². The number of hydrogen-bond acceptors (Lipinski definition) is 7. The van der Waals surface area contributed by atoms with Gasteiger partial charge in [0.1, 0.15) is 17.1 Å². The van der Waals surface area contributed by atoms with Gasteiger partial charge >= 0.3 is 5.97 Å². The number of nitrogens with one attached hydrogen (secondary N) is 1. The number of hydrogen-bond donors (Lipinski definition) is 3. The fourth-order valence-corrected chi connectivity index (χ4v) is 5.17. The van der Waals surface area contributed by atoms with Gasteiger partial charge in [-0.05, 0) is 74.8 Å². The Balaban J connectivity index is 1.45. The molecule has 33 heavy (non-hydrogen) atoms. The van der Waals surface area contributed by atoms with Crippen LogP contribution in [-0.4, -0.2) is 48.9 Å². The van der Waals surface area contributed by atoms with E-state index in [0.29, 0.717) is 17.7 Å². The first-order valence-corrected chi connectivity index (χ1v) is 11.3. The lowest BCUT2D eigenvalue weighted by Gasteiger charge is -2.23. The number of hydroxylamine groups is 1. The molecule has 2 aliphatic rings. The first-order valence-electron chi connectivity index (χ1n) is 11.3. The average Bonchev–Trinajstić information content (AvgIpc) is 3.43. The molecule has 4 rings (SSSR count). The van der Waals surface area contributed by atoms with Crippen molar-refractivity contribution in [3.05, 3.63) is 52.1 Å². The molecule has 2 aliphatic carbocycles. The van der Waals surface area contributed by atoms with E-state index in [4.69, 9.17) is 9.57 Å². The third kappa shape index (κ3) is 4.23. The van der Waals surface area contributed by atoms with Crippen LogP contribution in [-0.2, 0) is 9.57 Å². The minimum atomic E-state index is -0.923. The highest BCUT2D eigenvalue weighted by Gasteiger charge is 2.42. The number of ether oxygens (including phenoxy) is 1. The number of aromatic hydroxyl groups is 2. The summed E-state index contributed by atoms with van der Waals surface area (Å²) in [6, 6.07) is 6.64. The lowest BCUT2D eigenvalue weighted by molar-refractivity contribution is 0.0226. The lowest BCUT2D eigenvalue weighted by Crippen LogP contribution is -2.29. The first-order chi connectivity index (χ1) is 15.8. The molecular formula is C25H30N2O6. The molecule has 1 saturated carbocycles. The largest absolute Gasteiger partial charge is 0.508 e. The number of phenols is 2. The highest BCUT2D eigenvalue weighted by atomic mass is 16.7. The number of carbonyl (C=O) groups is 2. The maximum atomic E-state index is 12.6. The molecule has 3 N–H and O–H groups in total. The number of amides is 1. The zero-order valence-electron chi connectivity index (χ0n) is 19.2. The van der Waals surface area contributed by atoms with Gasteiger partial charge in [0.2, 0.25) is 0 Å². The molecule has 0 radical (unpaired) electrons. The molecule has 0 aromatic heterocycles. The van der Waals surface area contributed by atoms with Crippen LogP contribution in [0.2, 0.25) is 0 Å². The Morgan fingerprint density at radius 1 is 1.12 bits per heavy atom. The van der Waals surface area contributed by atoms with E-state index in [9.17, 15) is 19.8 Å². The number of aryl methyl sites for hydroxylation is 1. The van der Waals surface area contributed by atoms with E-state index in [-0.39, 0.29) is 28.9 Å². The lowest BCUT2D eigenvalue weighted by atomic mass is 9.88. The molecule has 2 atom stereocenters. The van der Waals surface area contributed by atoms with Crippen molar-refractivity contribution in [3.63, 3.8) is 0 Å². The summed E-state index contributed by atoms with van der Waals surface area (Å²) in [7, 11) is 1.65. The van der Waals surface area contributed by atoms with Gasteiger partial charge in [0.05, 0.1) is 6.61 Å². The number of rotatable bonds is 7. The van der Waals surface area contributed by atoms with Crippen molar-refractivity contribution in [1.29, 1.82) is 0 Å². The zero-order valence-corrected chi connectivity index (χ0v) is 19.2. The van der Waals surface area contributed by atoms with Crippen molar-refractivity contribution in [2.45, 2.75) is 44.9 Å². The molecule has 2 aromatic carbocycles. The van der Waals surface area contributed by atoms with Crippen LogP contribution in [0.4, 0.5) is 5.69 Å². The molecule has 176 valence electrons. The minimum Gasteiger partial charge on any atom is -0.508 e. The van der Waals surface area contributed by atoms with Gasteiger partial charge in [0, 0.05) is 42.6 Å². The van der Waals surface area contributed by atoms with Crippen molar-refractivity contribution < 1.29 is 29.4 Å². The summed E-state index contributed by atoms with van der Waals surface area (Å²) >= 11 is 0. The topological polar surface area (TPSA) is 108 Å². The van der Waals surface area contributed by atoms with Gasteiger partial charge in [-0.15, -0.1) is 0 Å².